The molecule has 0 unspecified atom stereocenters. The Kier molecular flexibility index (Phi) is 5.50. The number of rotatable bonds is 4. The molecule has 0 radical (unpaired) electrons. The molecule has 1 N–H and O–H groups in total. The Bertz CT molecular complexity index is 1000. The summed E-state index contributed by atoms with van der Waals surface area (Å²) in [5.41, 5.74) is 1.82. The third-order valence-electron chi connectivity index (χ3n) is 6.24. The summed E-state index contributed by atoms with van der Waals surface area (Å²) >= 11 is 6.03. The Morgan fingerprint density at radius 2 is 1.97 bits per heavy atom. The largest absolute Gasteiger partial charge is 0.423 e. The molecule has 2 aromatic rings. The van der Waals surface area contributed by atoms with Crippen LogP contribution in [0.25, 0.3) is 11.1 Å². The molecule has 7 nitrogen and oxygen atoms in total. The van der Waals surface area contributed by atoms with E-state index in [0.29, 0.717) is 16.5 Å². The lowest BCUT2D eigenvalue weighted by molar-refractivity contribution is -0.119. The van der Waals surface area contributed by atoms with Crippen LogP contribution in [0.5, 0.6) is 0 Å². The van der Waals surface area contributed by atoms with Crippen molar-refractivity contribution < 1.29 is 17.6 Å². The van der Waals surface area contributed by atoms with Gasteiger partial charge in [0.2, 0.25) is 5.91 Å². The number of piperidine rings is 1. The summed E-state index contributed by atoms with van der Waals surface area (Å²) < 4.78 is 28.4. The molecule has 29 heavy (non-hydrogen) atoms. The lowest BCUT2D eigenvalue weighted by Gasteiger charge is -2.45. The van der Waals surface area contributed by atoms with Gasteiger partial charge in [-0.2, -0.15) is 4.98 Å². The molecule has 2 aliphatic rings. The Morgan fingerprint density at radius 1 is 1.28 bits per heavy atom. The van der Waals surface area contributed by atoms with Crippen LogP contribution in [0.3, 0.4) is 0 Å². The molecular weight excluding hydrogens is 414 g/mol. The van der Waals surface area contributed by atoms with E-state index in [4.69, 9.17) is 16.0 Å². The Balaban J connectivity index is 1.31. The second kappa shape index (κ2) is 7.80. The molecule has 1 aliphatic carbocycles. The molecule has 2 fully saturated rings. The highest BCUT2D eigenvalue weighted by atomic mass is 35.5. The number of oxazole rings is 1. The van der Waals surface area contributed by atoms with E-state index in [-0.39, 0.29) is 11.9 Å². The van der Waals surface area contributed by atoms with Crippen LogP contribution in [0.1, 0.15) is 38.5 Å². The van der Waals surface area contributed by atoms with Crippen LogP contribution in [0, 0.1) is 5.41 Å². The third-order valence-corrected chi connectivity index (χ3v) is 7.26. The molecule has 1 aliphatic heterocycles. The minimum absolute atomic E-state index is 0.0784. The number of anilines is 1. The van der Waals surface area contributed by atoms with E-state index in [2.05, 4.69) is 15.2 Å². The lowest BCUT2D eigenvalue weighted by atomic mass is 9.67. The van der Waals surface area contributed by atoms with Gasteiger partial charge in [0.15, 0.2) is 15.4 Å². The van der Waals surface area contributed by atoms with Crippen molar-refractivity contribution in [3.05, 3.63) is 23.2 Å². The summed E-state index contributed by atoms with van der Waals surface area (Å²) in [6.07, 6.45) is 7.12. The molecule has 1 spiro atoms. The number of halogens is 1. The first-order valence-corrected chi connectivity index (χ1v) is 12.4. The zero-order valence-corrected chi connectivity index (χ0v) is 18.1. The maximum atomic E-state index is 11.9. The van der Waals surface area contributed by atoms with Crippen molar-refractivity contribution in [3.63, 3.8) is 0 Å². The number of hydrogen-bond acceptors (Lipinski definition) is 6. The van der Waals surface area contributed by atoms with E-state index in [1.807, 2.05) is 12.1 Å². The van der Waals surface area contributed by atoms with E-state index < -0.39 is 15.6 Å². The van der Waals surface area contributed by atoms with Crippen LogP contribution in [-0.2, 0) is 14.6 Å². The van der Waals surface area contributed by atoms with Crippen molar-refractivity contribution in [1.82, 2.24) is 10.3 Å². The quantitative estimate of drug-likeness (QED) is 0.786. The van der Waals surface area contributed by atoms with Crippen molar-refractivity contribution in [3.8, 4) is 0 Å². The highest BCUT2D eigenvalue weighted by Gasteiger charge is 2.39. The molecule has 0 atom stereocenters. The van der Waals surface area contributed by atoms with Gasteiger partial charge < -0.3 is 14.6 Å². The molecule has 2 heterocycles. The van der Waals surface area contributed by atoms with Gasteiger partial charge in [0.1, 0.15) is 11.3 Å². The van der Waals surface area contributed by atoms with Crippen LogP contribution >= 0.6 is 11.6 Å². The molecule has 1 aromatic carbocycles. The predicted octanol–water partition coefficient (Wildman–Crippen LogP) is 3.17. The average molecular weight is 440 g/mol. The van der Waals surface area contributed by atoms with Crippen molar-refractivity contribution >= 4 is 44.5 Å². The number of carbonyl (C=O) groups excluding carboxylic acids is 1. The predicted molar refractivity (Wildman–Crippen MR) is 113 cm³/mol. The van der Waals surface area contributed by atoms with Gasteiger partial charge in [-0.3, -0.25) is 4.79 Å². The van der Waals surface area contributed by atoms with E-state index in [1.54, 1.807) is 6.07 Å². The number of aromatic nitrogens is 1. The van der Waals surface area contributed by atoms with Crippen LogP contribution in [-0.4, -0.2) is 50.4 Å². The normalized spacial score (nSPS) is 20.3. The SMILES string of the molecule is CS(=O)(=O)CC(=O)NC1CCC2(CC1)CCN(c1nc3cc(Cl)ccc3o1)CC2. The second-order valence-electron chi connectivity index (χ2n) is 8.51. The summed E-state index contributed by atoms with van der Waals surface area (Å²) in [6, 6.07) is 6.19. The monoisotopic (exact) mass is 439 g/mol. The lowest BCUT2D eigenvalue weighted by Crippen LogP contribution is -2.46. The van der Waals surface area contributed by atoms with Gasteiger partial charge in [0.25, 0.3) is 6.01 Å². The van der Waals surface area contributed by atoms with Crippen LogP contribution in [0.4, 0.5) is 6.01 Å². The topological polar surface area (TPSA) is 92.5 Å². The maximum Gasteiger partial charge on any atom is 0.298 e. The molecule has 4 rings (SSSR count). The average Bonchev–Trinajstić information content (AvgIpc) is 3.06. The third kappa shape index (κ3) is 4.86. The first kappa shape index (κ1) is 20.5. The fourth-order valence-corrected chi connectivity index (χ4v) is 5.30. The molecule has 0 bridgehead atoms. The zero-order chi connectivity index (χ0) is 20.6. The number of amides is 1. The number of fused-ring (bicyclic) bond motifs is 1. The molecule has 158 valence electrons. The highest BCUT2D eigenvalue weighted by Crippen LogP contribution is 2.45. The molecular formula is C20H26ClN3O4S. The summed E-state index contributed by atoms with van der Waals surface area (Å²) in [6.45, 7) is 1.79. The molecule has 1 saturated carbocycles. The fraction of sp³-hybridized carbons (Fsp3) is 0.600. The molecule has 1 amide bonds. The van der Waals surface area contributed by atoms with Crippen LogP contribution in [0.2, 0.25) is 5.02 Å². The molecule has 1 saturated heterocycles. The summed E-state index contributed by atoms with van der Waals surface area (Å²) in [7, 11) is -3.29. The standard InChI is InChI=1S/C20H26ClN3O4S/c1-29(26,27)13-18(25)22-15-4-6-20(7-5-15)8-10-24(11-9-20)19-23-16-12-14(21)2-3-17(16)28-19/h2-3,12,15H,4-11,13H2,1H3,(H,22,25). The van der Waals surface area contributed by atoms with Gasteiger partial charge in [-0.05, 0) is 62.1 Å². The van der Waals surface area contributed by atoms with Gasteiger partial charge in [0.05, 0.1) is 0 Å². The van der Waals surface area contributed by atoms with E-state index >= 15 is 0 Å². The van der Waals surface area contributed by atoms with Crippen LogP contribution < -0.4 is 10.2 Å². The summed E-state index contributed by atoms with van der Waals surface area (Å²) in [4.78, 5) is 18.6. The Morgan fingerprint density at radius 3 is 2.62 bits per heavy atom. The number of benzene rings is 1. The summed E-state index contributed by atoms with van der Waals surface area (Å²) in [5.74, 6) is -0.821. The van der Waals surface area contributed by atoms with Crippen molar-refractivity contribution in [1.29, 1.82) is 0 Å². The van der Waals surface area contributed by atoms with Gasteiger partial charge in [-0.15, -0.1) is 0 Å². The van der Waals surface area contributed by atoms with E-state index in [0.717, 1.165) is 69.0 Å². The van der Waals surface area contributed by atoms with Gasteiger partial charge in [-0.25, -0.2) is 8.42 Å². The number of nitrogens with one attached hydrogen (secondary N) is 1. The van der Waals surface area contributed by atoms with Gasteiger partial charge in [-0.1, -0.05) is 11.6 Å². The minimum atomic E-state index is -3.29. The van der Waals surface area contributed by atoms with Crippen LogP contribution in [0.15, 0.2) is 22.6 Å². The first-order chi connectivity index (χ1) is 13.7. The maximum absolute atomic E-state index is 11.9. The van der Waals surface area contributed by atoms with Crippen molar-refractivity contribution in [2.24, 2.45) is 5.41 Å². The highest BCUT2D eigenvalue weighted by molar-refractivity contribution is 7.91. The van der Waals surface area contributed by atoms with Crippen molar-refractivity contribution in [2.75, 3.05) is 30.0 Å². The molecule has 9 heteroatoms. The summed E-state index contributed by atoms with van der Waals surface area (Å²) in [5, 5.41) is 3.54. The Hall–Kier alpha value is -1.80. The number of carbonyl (C=O) groups is 1. The van der Waals surface area contributed by atoms with Gasteiger partial charge in [0, 0.05) is 30.4 Å². The number of nitrogens with zero attached hydrogens (tertiary/aromatic N) is 2. The molecule has 1 aromatic heterocycles. The smallest absolute Gasteiger partial charge is 0.298 e. The fourth-order valence-electron chi connectivity index (χ4n) is 4.58. The first-order valence-electron chi connectivity index (χ1n) is 10.00. The zero-order valence-electron chi connectivity index (χ0n) is 16.5. The van der Waals surface area contributed by atoms with E-state index in [1.165, 1.54) is 0 Å². The number of sulfone groups is 1. The Labute approximate surface area is 175 Å². The van der Waals surface area contributed by atoms with Gasteiger partial charge >= 0.3 is 0 Å². The number of hydrogen-bond donors (Lipinski definition) is 1. The van der Waals surface area contributed by atoms with Crippen molar-refractivity contribution in [2.45, 2.75) is 44.6 Å². The minimum Gasteiger partial charge on any atom is -0.423 e. The second-order valence-corrected chi connectivity index (χ2v) is 11.1. The van der Waals surface area contributed by atoms with E-state index in [9.17, 15) is 13.2 Å².